The number of nitrogen functional groups attached to an aromatic ring is 1. The zero-order chi connectivity index (χ0) is 14.2. The van der Waals surface area contributed by atoms with Gasteiger partial charge in [0, 0.05) is 5.69 Å². The van der Waals surface area contributed by atoms with Crippen molar-refractivity contribution in [3.8, 4) is 11.1 Å². The Labute approximate surface area is 109 Å². The Hall–Kier alpha value is -1.97. The van der Waals surface area contributed by atoms with Gasteiger partial charge in [0.1, 0.15) is 0 Å². The molecule has 2 aromatic carbocycles. The lowest BCUT2D eigenvalue weighted by Crippen LogP contribution is -2.05. The van der Waals surface area contributed by atoms with Crippen molar-refractivity contribution in [3.05, 3.63) is 53.1 Å². The molecular formula is C15H14F3N. The van der Waals surface area contributed by atoms with Crippen LogP contribution >= 0.6 is 0 Å². The summed E-state index contributed by atoms with van der Waals surface area (Å²) in [5, 5.41) is 0. The Morgan fingerprint density at radius 3 is 2.11 bits per heavy atom. The first kappa shape index (κ1) is 13.5. The summed E-state index contributed by atoms with van der Waals surface area (Å²) < 4.78 is 37.8. The Morgan fingerprint density at radius 2 is 1.58 bits per heavy atom. The third kappa shape index (κ3) is 2.72. The van der Waals surface area contributed by atoms with Gasteiger partial charge in [-0.1, -0.05) is 12.1 Å². The summed E-state index contributed by atoms with van der Waals surface area (Å²) in [6, 6.07) is 9.24. The molecule has 0 saturated carbocycles. The second kappa shape index (κ2) is 4.61. The molecule has 1 nitrogen and oxygen atoms in total. The van der Waals surface area contributed by atoms with E-state index in [1.54, 1.807) is 13.0 Å². The van der Waals surface area contributed by atoms with Gasteiger partial charge in [-0.05, 0) is 60.4 Å². The van der Waals surface area contributed by atoms with Gasteiger partial charge in [-0.25, -0.2) is 0 Å². The number of hydrogen-bond donors (Lipinski definition) is 1. The van der Waals surface area contributed by atoms with E-state index in [4.69, 9.17) is 5.73 Å². The highest BCUT2D eigenvalue weighted by Crippen LogP contribution is 2.33. The largest absolute Gasteiger partial charge is 0.416 e. The molecule has 0 aromatic heterocycles. The molecule has 0 radical (unpaired) electrons. The monoisotopic (exact) mass is 265 g/mol. The van der Waals surface area contributed by atoms with Gasteiger partial charge >= 0.3 is 6.18 Å². The molecule has 0 fully saturated rings. The Kier molecular flexibility index (Phi) is 3.27. The second-order valence-electron chi connectivity index (χ2n) is 4.60. The minimum absolute atomic E-state index is 0.596. The van der Waals surface area contributed by atoms with E-state index in [0.29, 0.717) is 11.3 Å². The van der Waals surface area contributed by atoms with Crippen LogP contribution in [0.1, 0.15) is 16.7 Å². The van der Waals surface area contributed by atoms with Gasteiger partial charge in [0.15, 0.2) is 0 Å². The molecule has 2 rings (SSSR count). The summed E-state index contributed by atoms with van der Waals surface area (Å²) in [5.41, 5.74) is 8.96. The third-order valence-electron chi connectivity index (χ3n) is 3.13. The van der Waals surface area contributed by atoms with E-state index >= 15 is 0 Å². The quantitative estimate of drug-likeness (QED) is 0.751. The van der Waals surface area contributed by atoms with E-state index in [0.717, 1.165) is 22.8 Å². The Bertz CT molecular complexity index is 615. The van der Waals surface area contributed by atoms with Crippen LogP contribution in [0.15, 0.2) is 36.4 Å². The predicted molar refractivity (Wildman–Crippen MR) is 70.8 cm³/mol. The topological polar surface area (TPSA) is 26.0 Å². The molecule has 0 unspecified atom stereocenters. The first-order chi connectivity index (χ1) is 8.79. The van der Waals surface area contributed by atoms with Crippen LogP contribution in [0.5, 0.6) is 0 Å². The van der Waals surface area contributed by atoms with Crippen molar-refractivity contribution in [2.75, 3.05) is 5.73 Å². The smallest absolute Gasteiger partial charge is 0.399 e. The number of anilines is 1. The summed E-state index contributed by atoms with van der Waals surface area (Å²) >= 11 is 0. The Balaban J connectivity index is 2.49. The van der Waals surface area contributed by atoms with E-state index in [1.807, 2.05) is 19.1 Å². The molecule has 19 heavy (non-hydrogen) atoms. The van der Waals surface area contributed by atoms with Crippen LogP contribution in [0.2, 0.25) is 0 Å². The summed E-state index contributed by atoms with van der Waals surface area (Å²) in [6.45, 7) is 3.55. The fourth-order valence-electron chi connectivity index (χ4n) is 2.01. The zero-order valence-corrected chi connectivity index (χ0v) is 10.7. The van der Waals surface area contributed by atoms with Gasteiger partial charge in [-0.15, -0.1) is 0 Å². The zero-order valence-electron chi connectivity index (χ0n) is 10.7. The fraction of sp³-hybridized carbons (Fsp3) is 0.200. The highest BCUT2D eigenvalue weighted by molar-refractivity contribution is 5.70. The van der Waals surface area contributed by atoms with E-state index in [2.05, 4.69) is 0 Å². The van der Waals surface area contributed by atoms with Crippen LogP contribution in [0.3, 0.4) is 0 Å². The normalized spacial score (nSPS) is 11.6. The van der Waals surface area contributed by atoms with Crippen molar-refractivity contribution in [2.45, 2.75) is 20.0 Å². The molecule has 0 heterocycles. The first-order valence-electron chi connectivity index (χ1n) is 5.83. The minimum atomic E-state index is -4.31. The van der Waals surface area contributed by atoms with Gasteiger partial charge in [0.2, 0.25) is 0 Å². The lowest BCUT2D eigenvalue weighted by molar-refractivity contribution is -0.137. The van der Waals surface area contributed by atoms with Crippen molar-refractivity contribution in [1.29, 1.82) is 0 Å². The average Bonchev–Trinajstić information content (AvgIpc) is 2.31. The van der Waals surface area contributed by atoms with Crippen molar-refractivity contribution in [1.82, 2.24) is 0 Å². The van der Waals surface area contributed by atoms with Gasteiger partial charge in [-0.2, -0.15) is 13.2 Å². The highest BCUT2D eigenvalue weighted by atomic mass is 19.4. The van der Waals surface area contributed by atoms with Crippen molar-refractivity contribution in [2.24, 2.45) is 0 Å². The molecule has 0 atom stereocenters. The number of nitrogens with two attached hydrogens (primary N) is 1. The van der Waals surface area contributed by atoms with Crippen LogP contribution in [0.4, 0.5) is 18.9 Å². The van der Waals surface area contributed by atoms with Crippen molar-refractivity contribution in [3.63, 3.8) is 0 Å². The molecule has 0 aliphatic carbocycles. The molecule has 0 bridgehead atoms. The van der Waals surface area contributed by atoms with Gasteiger partial charge < -0.3 is 5.73 Å². The standard InChI is InChI=1S/C15H14F3N/c1-9-8-12(15(16,17)18)4-5-13(9)11-3-6-14(19)10(2)7-11/h3-8H,19H2,1-2H3. The van der Waals surface area contributed by atoms with Crippen LogP contribution < -0.4 is 5.73 Å². The molecule has 2 aromatic rings. The third-order valence-corrected chi connectivity index (χ3v) is 3.13. The van der Waals surface area contributed by atoms with Crippen molar-refractivity contribution >= 4 is 5.69 Å². The lowest BCUT2D eigenvalue weighted by Gasteiger charge is -2.12. The molecule has 0 saturated heterocycles. The van der Waals surface area contributed by atoms with Crippen LogP contribution in [0.25, 0.3) is 11.1 Å². The fourth-order valence-corrected chi connectivity index (χ4v) is 2.01. The number of hydrogen-bond acceptors (Lipinski definition) is 1. The van der Waals surface area contributed by atoms with Crippen molar-refractivity contribution < 1.29 is 13.2 Å². The number of alkyl halides is 3. The van der Waals surface area contributed by atoms with E-state index in [1.165, 1.54) is 12.1 Å². The van der Waals surface area contributed by atoms with Gasteiger partial charge in [0.25, 0.3) is 0 Å². The summed E-state index contributed by atoms with van der Waals surface area (Å²) in [5.74, 6) is 0. The summed E-state index contributed by atoms with van der Waals surface area (Å²) in [7, 11) is 0. The van der Waals surface area contributed by atoms with E-state index < -0.39 is 11.7 Å². The molecule has 0 amide bonds. The molecule has 4 heteroatoms. The summed E-state index contributed by atoms with van der Waals surface area (Å²) in [4.78, 5) is 0. The predicted octanol–water partition coefficient (Wildman–Crippen LogP) is 4.57. The molecule has 100 valence electrons. The van der Waals surface area contributed by atoms with E-state index in [9.17, 15) is 13.2 Å². The van der Waals surface area contributed by atoms with Crippen LogP contribution in [-0.2, 0) is 6.18 Å². The maximum absolute atomic E-state index is 12.6. The number of rotatable bonds is 1. The van der Waals surface area contributed by atoms with Gasteiger partial charge in [-0.3, -0.25) is 0 Å². The minimum Gasteiger partial charge on any atom is -0.399 e. The second-order valence-corrected chi connectivity index (χ2v) is 4.60. The number of halogens is 3. The maximum atomic E-state index is 12.6. The van der Waals surface area contributed by atoms with E-state index in [-0.39, 0.29) is 0 Å². The maximum Gasteiger partial charge on any atom is 0.416 e. The lowest BCUT2D eigenvalue weighted by atomic mass is 9.96. The molecule has 2 N–H and O–H groups in total. The first-order valence-corrected chi connectivity index (χ1v) is 5.83. The van der Waals surface area contributed by atoms with Gasteiger partial charge in [0.05, 0.1) is 5.56 Å². The molecular weight excluding hydrogens is 251 g/mol. The van der Waals surface area contributed by atoms with Crippen LogP contribution in [0, 0.1) is 13.8 Å². The summed E-state index contributed by atoms with van der Waals surface area (Å²) in [6.07, 6.45) is -4.31. The molecule has 0 aliphatic rings. The average molecular weight is 265 g/mol. The highest BCUT2D eigenvalue weighted by Gasteiger charge is 2.30. The Morgan fingerprint density at radius 1 is 0.895 bits per heavy atom. The molecule has 0 aliphatic heterocycles. The molecule has 0 spiro atoms. The number of benzene rings is 2. The SMILES string of the molecule is Cc1cc(-c2ccc(C(F)(F)F)cc2C)ccc1N. The number of aryl methyl sites for hydroxylation is 2. The van der Waals surface area contributed by atoms with Crippen LogP contribution in [-0.4, -0.2) is 0 Å².